The molecule has 1 N–H and O–H groups in total. The van der Waals surface area contributed by atoms with Gasteiger partial charge in [-0.15, -0.1) is 11.3 Å². The monoisotopic (exact) mass is 370 g/mol. The molecule has 26 heavy (non-hydrogen) atoms. The van der Waals surface area contributed by atoms with Gasteiger partial charge in [-0.2, -0.15) is 5.10 Å². The molecule has 0 saturated carbocycles. The molecule has 0 aromatic carbocycles. The van der Waals surface area contributed by atoms with Gasteiger partial charge in [0.15, 0.2) is 0 Å². The number of rotatable bonds is 5. The minimum Gasteiger partial charge on any atom is -0.354 e. The summed E-state index contributed by atoms with van der Waals surface area (Å²) in [4.78, 5) is 24.9. The highest BCUT2D eigenvalue weighted by Crippen LogP contribution is 2.24. The van der Waals surface area contributed by atoms with E-state index < -0.39 is 0 Å². The van der Waals surface area contributed by atoms with Crippen molar-refractivity contribution >= 4 is 33.0 Å². The Hall–Kier alpha value is -2.41. The Balaban J connectivity index is 1.48. The first-order valence-electron chi connectivity index (χ1n) is 9.04. The standard InChI is InChI=1S/C19H22N4O2S/c1-13-21-22(12-18(24)20-9-7-14-5-3-2-4-6-14)19(25)16-11-17-15(23(13)16)8-10-26-17/h5,8,10-11H,2-4,6-7,9,12H2,1H3,(H,20,24). The van der Waals surface area contributed by atoms with E-state index in [0.29, 0.717) is 17.9 Å². The summed E-state index contributed by atoms with van der Waals surface area (Å²) in [6, 6.07) is 3.86. The first-order valence-corrected chi connectivity index (χ1v) is 9.92. The van der Waals surface area contributed by atoms with Crippen LogP contribution in [0.2, 0.25) is 0 Å². The summed E-state index contributed by atoms with van der Waals surface area (Å²) in [5, 5.41) is 9.25. The Morgan fingerprint density at radius 1 is 1.35 bits per heavy atom. The second-order valence-electron chi connectivity index (χ2n) is 6.75. The second kappa shape index (κ2) is 7.07. The highest BCUT2D eigenvalue weighted by Gasteiger charge is 2.14. The van der Waals surface area contributed by atoms with Gasteiger partial charge in [-0.25, -0.2) is 4.68 Å². The molecule has 0 atom stereocenters. The summed E-state index contributed by atoms with van der Waals surface area (Å²) in [6.45, 7) is 2.42. The molecule has 3 aromatic rings. The van der Waals surface area contributed by atoms with Crippen LogP contribution in [0.3, 0.4) is 0 Å². The van der Waals surface area contributed by atoms with E-state index in [1.165, 1.54) is 23.1 Å². The van der Waals surface area contributed by atoms with Crippen molar-refractivity contribution in [3.8, 4) is 0 Å². The lowest BCUT2D eigenvalue weighted by molar-refractivity contribution is -0.121. The number of allylic oxidation sites excluding steroid dienone is 1. The van der Waals surface area contributed by atoms with Crippen molar-refractivity contribution in [1.29, 1.82) is 0 Å². The van der Waals surface area contributed by atoms with Crippen LogP contribution in [0.15, 0.2) is 34.0 Å². The third-order valence-corrected chi connectivity index (χ3v) is 5.77. The number of carbonyl (C=O) groups is 1. The smallest absolute Gasteiger partial charge is 0.291 e. The molecule has 0 fully saturated rings. The molecule has 4 rings (SSSR count). The Labute approximate surface area is 155 Å². The van der Waals surface area contributed by atoms with Crippen molar-refractivity contribution < 1.29 is 4.79 Å². The van der Waals surface area contributed by atoms with Gasteiger partial charge >= 0.3 is 0 Å². The van der Waals surface area contributed by atoms with E-state index in [9.17, 15) is 9.59 Å². The molecule has 0 unspecified atom stereocenters. The fourth-order valence-corrected chi connectivity index (χ4v) is 4.43. The molecule has 0 saturated heterocycles. The second-order valence-corrected chi connectivity index (χ2v) is 7.70. The number of nitrogens with zero attached hydrogens (tertiary/aromatic N) is 3. The minimum atomic E-state index is -0.232. The molecule has 7 heteroatoms. The lowest BCUT2D eigenvalue weighted by Gasteiger charge is -2.13. The molecule has 0 spiro atoms. The summed E-state index contributed by atoms with van der Waals surface area (Å²) >= 11 is 1.59. The van der Waals surface area contributed by atoms with Gasteiger partial charge in [-0.1, -0.05) is 11.6 Å². The molecular weight excluding hydrogens is 348 g/mol. The Bertz CT molecular complexity index is 1060. The number of aryl methyl sites for hydroxylation is 1. The van der Waals surface area contributed by atoms with Gasteiger partial charge in [0.25, 0.3) is 5.56 Å². The van der Waals surface area contributed by atoms with Crippen molar-refractivity contribution in [3.63, 3.8) is 0 Å². The van der Waals surface area contributed by atoms with Gasteiger partial charge in [0.2, 0.25) is 5.91 Å². The van der Waals surface area contributed by atoms with Crippen LogP contribution in [0.5, 0.6) is 0 Å². The number of amides is 1. The SMILES string of the molecule is Cc1nn(CC(=O)NCCC2=CCCCC2)c(=O)c2cc3sccc3n12. The summed E-state index contributed by atoms with van der Waals surface area (Å²) < 4.78 is 4.18. The topological polar surface area (TPSA) is 68.4 Å². The molecule has 1 aliphatic rings. The molecule has 136 valence electrons. The fourth-order valence-electron chi connectivity index (χ4n) is 3.62. The lowest BCUT2D eigenvalue weighted by Crippen LogP contribution is -2.35. The zero-order valence-electron chi connectivity index (χ0n) is 14.8. The lowest BCUT2D eigenvalue weighted by atomic mass is 9.97. The molecule has 0 bridgehead atoms. The minimum absolute atomic E-state index is 0.0476. The molecular formula is C19H22N4O2S. The molecule has 1 amide bonds. The fraction of sp³-hybridized carbons (Fsp3) is 0.421. The van der Waals surface area contributed by atoms with E-state index in [0.717, 1.165) is 29.5 Å². The first kappa shape index (κ1) is 17.0. The van der Waals surface area contributed by atoms with Gasteiger partial charge in [0, 0.05) is 6.54 Å². The van der Waals surface area contributed by atoms with E-state index >= 15 is 0 Å². The van der Waals surface area contributed by atoms with Crippen molar-refractivity contribution in [3.05, 3.63) is 45.3 Å². The van der Waals surface area contributed by atoms with Crippen LogP contribution in [0, 0.1) is 6.92 Å². The number of thiophene rings is 1. The maximum absolute atomic E-state index is 12.7. The van der Waals surface area contributed by atoms with Crippen molar-refractivity contribution in [2.75, 3.05) is 6.54 Å². The Morgan fingerprint density at radius 3 is 3.04 bits per heavy atom. The molecule has 3 aromatic heterocycles. The van der Waals surface area contributed by atoms with Crippen LogP contribution < -0.4 is 10.9 Å². The average Bonchev–Trinajstić information content (AvgIpc) is 3.21. The Kier molecular flexibility index (Phi) is 4.63. The van der Waals surface area contributed by atoms with Gasteiger partial charge in [-0.05, 0) is 56.5 Å². The number of hydrogen-bond donors (Lipinski definition) is 1. The van der Waals surface area contributed by atoms with E-state index in [-0.39, 0.29) is 18.0 Å². The number of aromatic nitrogens is 3. The first-order chi connectivity index (χ1) is 12.6. The number of fused-ring (bicyclic) bond motifs is 3. The highest BCUT2D eigenvalue weighted by molar-refractivity contribution is 7.17. The Morgan fingerprint density at radius 2 is 2.23 bits per heavy atom. The van der Waals surface area contributed by atoms with Gasteiger partial charge < -0.3 is 5.32 Å². The van der Waals surface area contributed by atoms with E-state index in [2.05, 4.69) is 16.5 Å². The van der Waals surface area contributed by atoms with Gasteiger partial charge in [-0.3, -0.25) is 14.0 Å². The van der Waals surface area contributed by atoms with Crippen molar-refractivity contribution in [2.45, 2.75) is 45.6 Å². The highest BCUT2D eigenvalue weighted by atomic mass is 32.1. The maximum atomic E-state index is 12.7. The molecule has 0 aliphatic heterocycles. The van der Waals surface area contributed by atoms with Crippen molar-refractivity contribution in [2.24, 2.45) is 0 Å². The van der Waals surface area contributed by atoms with Crippen LogP contribution >= 0.6 is 11.3 Å². The van der Waals surface area contributed by atoms with E-state index in [1.807, 2.05) is 28.8 Å². The average molecular weight is 370 g/mol. The van der Waals surface area contributed by atoms with E-state index in [4.69, 9.17) is 0 Å². The van der Waals surface area contributed by atoms with Crippen LogP contribution in [0.25, 0.3) is 15.7 Å². The largest absolute Gasteiger partial charge is 0.354 e. The van der Waals surface area contributed by atoms with E-state index in [1.54, 1.807) is 11.3 Å². The molecule has 1 aliphatic carbocycles. The zero-order chi connectivity index (χ0) is 18.1. The number of hydrogen-bond acceptors (Lipinski definition) is 4. The third kappa shape index (κ3) is 3.19. The number of nitrogens with one attached hydrogen (secondary N) is 1. The van der Waals surface area contributed by atoms with Gasteiger partial charge in [0.05, 0.1) is 10.2 Å². The zero-order valence-corrected chi connectivity index (χ0v) is 15.6. The summed E-state index contributed by atoms with van der Waals surface area (Å²) in [5.74, 6) is 0.529. The van der Waals surface area contributed by atoms with Crippen LogP contribution in [0.4, 0.5) is 0 Å². The predicted molar refractivity (Wildman–Crippen MR) is 104 cm³/mol. The third-order valence-electron chi connectivity index (χ3n) is 4.91. The number of carbonyl (C=O) groups excluding carboxylic acids is 1. The normalized spacial score (nSPS) is 14.7. The maximum Gasteiger partial charge on any atom is 0.291 e. The van der Waals surface area contributed by atoms with Crippen LogP contribution in [-0.2, 0) is 11.3 Å². The van der Waals surface area contributed by atoms with Gasteiger partial charge in [0.1, 0.15) is 17.9 Å². The molecule has 0 radical (unpaired) electrons. The van der Waals surface area contributed by atoms with Crippen molar-refractivity contribution in [1.82, 2.24) is 19.5 Å². The summed E-state index contributed by atoms with van der Waals surface area (Å²) in [5.41, 5.74) is 2.76. The predicted octanol–water partition coefficient (Wildman–Crippen LogP) is 3.03. The quantitative estimate of drug-likeness (QED) is 0.702. The van der Waals surface area contributed by atoms with Crippen LogP contribution in [0.1, 0.15) is 37.9 Å². The molecule has 3 heterocycles. The summed E-state index contributed by atoms with van der Waals surface area (Å²) in [6.07, 6.45) is 7.98. The molecule has 6 nitrogen and oxygen atoms in total. The van der Waals surface area contributed by atoms with Crippen LogP contribution in [-0.4, -0.2) is 26.6 Å². The summed E-state index contributed by atoms with van der Waals surface area (Å²) in [7, 11) is 0.